The first-order valence-electron chi connectivity index (χ1n) is 6.26. The Morgan fingerprint density at radius 3 is 3.00 bits per heavy atom. The smallest absolute Gasteiger partial charge is 0.162 e. The maximum absolute atomic E-state index is 12.3. The van der Waals surface area contributed by atoms with Gasteiger partial charge in [0.05, 0.1) is 0 Å². The third-order valence-corrected chi connectivity index (χ3v) is 5.10. The van der Waals surface area contributed by atoms with Crippen LogP contribution in [0.25, 0.3) is 0 Å². The molecule has 0 amide bonds. The minimum Gasteiger partial charge on any atom is -0.294 e. The van der Waals surface area contributed by atoms with Gasteiger partial charge >= 0.3 is 0 Å². The van der Waals surface area contributed by atoms with Crippen LogP contribution in [0.4, 0.5) is 0 Å². The molecule has 0 aromatic carbocycles. The van der Waals surface area contributed by atoms with Gasteiger partial charge in [0.2, 0.25) is 0 Å². The predicted octanol–water partition coefficient (Wildman–Crippen LogP) is 3.49. The van der Waals surface area contributed by atoms with Crippen LogP contribution in [0.3, 0.4) is 0 Å². The molecule has 2 fully saturated rings. The van der Waals surface area contributed by atoms with E-state index < -0.39 is 0 Å². The van der Waals surface area contributed by atoms with Crippen LogP contribution < -0.4 is 0 Å². The van der Waals surface area contributed by atoms with Gasteiger partial charge in [-0.05, 0) is 56.4 Å². The molecule has 0 N–H and O–H groups in total. The van der Waals surface area contributed by atoms with Crippen molar-refractivity contribution >= 4 is 5.78 Å². The van der Waals surface area contributed by atoms with Gasteiger partial charge in [-0.3, -0.25) is 4.79 Å². The lowest BCUT2D eigenvalue weighted by atomic mass is 9.63. The highest BCUT2D eigenvalue weighted by Crippen LogP contribution is 2.64. The Hall–Kier alpha value is -0.590. The van der Waals surface area contributed by atoms with E-state index in [0.29, 0.717) is 17.1 Å². The summed E-state index contributed by atoms with van der Waals surface area (Å²) in [5, 5.41) is 0. The number of hydrogen-bond donors (Lipinski definition) is 0. The number of carbonyl (C=O) groups excluding carboxylic acids is 1. The average molecular weight is 204 g/mol. The number of fused-ring (bicyclic) bond motifs is 1. The first-order chi connectivity index (χ1) is 7.04. The van der Waals surface area contributed by atoms with Crippen LogP contribution in [0.15, 0.2) is 11.6 Å². The maximum Gasteiger partial charge on any atom is 0.162 e. The molecule has 0 unspecified atom stereocenters. The van der Waals surface area contributed by atoms with Crippen molar-refractivity contribution in [2.45, 2.75) is 52.4 Å². The van der Waals surface area contributed by atoms with Gasteiger partial charge in [-0.15, -0.1) is 0 Å². The Bertz CT molecular complexity index is 354. The largest absolute Gasteiger partial charge is 0.294 e. The van der Waals surface area contributed by atoms with Gasteiger partial charge < -0.3 is 0 Å². The van der Waals surface area contributed by atoms with Gasteiger partial charge in [-0.1, -0.05) is 18.9 Å². The second-order valence-corrected chi connectivity index (χ2v) is 6.46. The van der Waals surface area contributed by atoms with E-state index in [4.69, 9.17) is 0 Å². The summed E-state index contributed by atoms with van der Waals surface area (Å²) in [4.78, 5) is 12.3. The predicted molar refractivity (Wildman–Crippen MR) is 60.5 cm³/mol. The Morgan fingerprint density at radius 1 is 1.40 bits per heavy atom. The molecule has 1 spiro atoms. The molecule has 2 saturated carbocycles. The van der Waals surface area contributed by atoms with E-state index in [1.54, 1.807) is 0 Å². The van der Waals surface area contributed by atoms with Crippen LogP contribution >= 0.6 is 0 Å². The van der Waals surface area contributed by atoms with Crippen molar-refractivity contribution in [1.82, 2.24) is 0 Å². The highest BCUT2D eigenvalue weighted by Gasteiger charge is 2.58. The van der Waals surface area contributed by atoms with E-state index in [1.807, 2.05) is 6.08 Å². The van der Waals surface area contributed by atoms with E-state index >= 15 is 0 Å². The monoisotopic (exact) mass is 204 g/mol. The third-order valence-electron chi connectivity index (χ3n) is 5.10. The normalized spacial score (nSPS) is 48.8. The number of hydrogen-bond acceptors (Lipinski definition) is 1. The number of rotatable bonds is 0. The molecule has 3 rings (SSSR count). The van der Waals surface area contributed by atoms with E-state index in [2.05, 4.69) is 13.8 Å². The van der Waals surface area contributed by atoms with Gasteiger partial charge in [0, 0.05) is 5.41 Å². The summed E-state index contributed by atoms with van der Waals surface area (Å²) in [6.45, 7) is 4.52. The Morgan fingerprint density at radius 2 is 2.20 bits per heavy atom. The zero-order valence-corrected chi connectivity index (χ0v) is 9.81. The molecule has 1 heteroatoms. The second-order valence-electron chi connectivity index (χ2n) is 6.46. The lowest BCUT2D eigenvalue weighted by Crippen LogP contribution is -2.38. The Kier molecular flexibility index (Phi) is 1.76. The number of allylic oxidation sites excluding steroid dienone is 2. The Labute approximate surface area is 91.9 Å². The van der Waals surface area contributed by atoms with Crippen molar-refractivity contribution in [2.24, 2.45) is 16.7 Å². The number of ketones is 1. The summed E-state index contributed by atoms with van der Waals surface area (Å²) in [5.74, 6) is 1.13. The van der Waals surface area contributed by atoms with Crippen molar-refractivity contribution < 1.29 is 4.79 Å². The molecule has 15 heavy (non-hydrogen) atoms. The zero-order valence-electron chi connectivity index (χ0n) is 9.81. The summed E-state index contributed by atoms with van der Waals surface area (Å²) in [5.41, 5.74) is 1.87. The minimum atomic E-state index is 0.0759. The van der Waals surface area contributed by atoms with Crippen LogP contribution in [-0.4, -0.2) is 5.78 Å². The van der Waals surface area contributed by atoms with Gasteiger partial charge in [-0.2, -0.15) is 0 Å². The van der Waals surface area contributed by atoms with Crippen molar-refractivity contribution in [3.63, 3.8) is 0 Å². The summed E-state index contributed by atoms with van der Waals surface area (Å²) >= 11 is 0. The van der Waals surface area contributed by atoms with Gasteiger partial charge in [-0.25, -0.2) is 0 Å². The molecule has 1 nitrogen and oxygen atoms in total. The highest BCUT2D eigenvalue weighted by molar-refractivity contribution is 5.97. The summed E-state index contributed by atoms with van der Waals surface area (Å²) in [6, 6.07) is 0. The van der Waals surface area contributed by atoms with Gasteiger partial charge in [0.15, 0.2) is 5.78 Å². The standard InChI is InChI=1S/C14H20O/c1-10-6-11-8-13(2)4-3-5-14(11,9-13)12(15)7-10/h7,11H,3-6,8-9H2,1-2H3/t11-,13-,14+/m1/s1. The van der Waals surface area contributed by atoms with E-state index in [1.165, 1.54) is 37.7 Å². The van der Waals surface area contributed by atoms with Crippen LogP contribution in [0.1, 0.15) is 52.4 Å². The second kappa shape index (κ2) is 2.75. The van der Waals surface area contributed by atoms with Gasteiger partial charge in [0.1, 0.15) is 0 Å². The van der Waals surface area contributed by atoms with Crippen LogP contribution in [0.5, 0.6) is 0 Å². The maximum atomic E-state index is 12.3. The Balaban J connectivity index is 2.05. The summed E-state index contributed by atoms with van der Waals surface area (Å²) in [6.07, 6.45) is 9.37. The summed E-state index contributed by atoms with van der Waals surface area (Å²) in [7, 11) is 0. The molecule has 0 aromatic rings. The number of carbonyl (C=O) groups is 1. The fourth-order valence-electron chi connectivity index (χ4n) is 4.58. The molecule has 0 radical (unpaired) electrons. The fraction of sp³-hybridized carbons (Fsp3) is 0.786. The first kappa shape index (κ1) is 9.62. The molecule has 0 aliphatic heterocycles. The highest BCUT2D eigenvalue weighted by atomic mass is 16.1. The molecule has 82 valence electrons. The van der Waals surface area contributed by atoms with Gasteiger partial charge in [0.25, 0.3) is 0 Å². The van der Waals surface area contributed by atoms with Crippen molar-refractivity contribution in [3.05, 3.63) is 11.6 Å². The third kappa shape index (κ3) is 1.18. The lowest BCUT2D eigenvalue weighted by Gasteiger charge is -2.40. The van der Waals surface area contributed by atoms with Crippen molar-refractivity contribution in [1.29, 1.82) is 0 Å². The SMILES string of the molecule is CC1=CC(=O)[C@]23CCC[C@](C)(C[C@H]2C1)C3. The fourth-order valence-corrected chi connectivity index (χ4v) is 4.58. The molecular weight excluding hydrogens is 184 g/mol. The molecule has 3 aliphatic rings. The van der Waals surface area contributed by atoms with Crippen molar-refractivity contribution in [2.75, 3.05) is 0 Å². The van der Waals surface area contributed by atoms with Crippen LogP contribution in [-0.2, 0) is 4.79 Å². The van der Waals surface area contributed by atoms with Crippen molar-refractivity contribution in [3.8, 4) is 0 Å². The molecule has 3 aliphatic carbocycles. The first-order valence-corrected chi connectivity index (χ1v) is 6.26. The topological polar surface area (TPSA) is 17.1 Å². The molecule has 0 saturated heterocycles. The zero-order chi connectivity index (χ0) is 10.7. The lowest BCUT2D eigenvalue weighted by molar-refractivity contribution is -0.128. The van der Waals surface area contributed by atoms with E-state index in [-0.39, 0.29) is 5.41 Å². The quantitative estimate of drug-likeness (QED) is 0.590. The molecule has 0 heterocycles. The van der Waals surface area contributed by atoms with Crippen LogP contribution in [0, 0.1) is 16.7 Å². The summed E-state index contributed by atoms with van der Waals surface area (Å²) < 4.78 is 0. The molecule has 3 atom stereocenters. The van der Waals surface area contributed by atoms with E-state index in [0.717, 1.165) is 6.42 Å². The average Bonchev–Trinajstić information content (AvgIpc) is 2.33. The minimum absolute atomic E-state index is 0.0759. The molecular formula is C14H20O. The molecule has 0 aromatic heterocycles. The molecule has 2 bridgehead atoms. The van der Waals surface area contributed by atoms with E-state index in [9.17, 15) is 4.79 Å². The van der Waals surface area contributed by atoms with Crippen LogP contribution in [0.2, 0.25) is 0 Å².